The Morgan fingerprint density at radius 2 is 2.25 bits per heavy atom. The normalized spacial score (nSPS) is 19.1. The number of carbonyl (C=O) groups excluding carboxylic acids is 1. The Labute approximate surface area is 120 Å². The Kier molecular flexibility index (Phi) is 5.52. The van der Waals surface area contributed by atoms with Crippen LogP contribution in [0.15, 0.2) is 24.3 Å². The maximum absolute atomic E-state index is 11.7. The van der Waals surface area contributed by atoms with E-state index in [1.165, 1.54) is 12.8 Å². The quantitative estimate of drug-likeness (QED) is 0.483. The lowest BCUT2D eigenvalue weighted by atomic mass is 10.1. The molecule has 0 bridgehead atoms. The average Bonchev–Trinajstić information content (AvgIpc) is 2.48. The monoisotopic (exact) mass is 277 g/mol. The third kappa shape index (κ3) is 4.03. The van der Waals surface area contributed by atoms with Gasteiger partial charge in [0.25, 0.3) is 5.91 Å². The number of carbonyl (C=O) groups is 1. The van der Waals surface area contributed by atoms with Gasteiger partial charge in [0, 0.05) is 25.3 Å². The van der Waals surface area contributed by atoms with Crippen molar-refractivity contribution < 1.29 is 9.53 Å². The van der Waals surface area contributed by atoms with Crippen LogP contribution in [0.1, 0.15) is 35.2 Å². The zero-order valence-electron chi connectivity index (χ0n) is 12.0. The van der Waals surface area contributed by atoms with E-state index in [9.17, 15) is 4.79 Å². The molecule has 1 atom stereocenters. The van der Waals surface area contributed by atoms with Gasteiger partial charge >= 0.3 is 0 Å². The number of hydrogen-bond acceptors (Lipinski definition) is 4. The zero-order valence-corrected chi connectivity index (χ0v) is 12.0. The molecule has 1 aromatic rings. The largest absolute Gasteiger partial charge is 0.377 e. The number of nitrogens with zero attached hydrogens (tertiary/aromatic N) is 1. The highest BCUT2D eigenvalue weighted by Gasteiger charge is 2.17. The minimum absolute atomic E-state index is 0.247. The molecule has 0 radical (unpaired) electrons. The summed E-state index contributed by atoms with van der Waals surface area (Å²) in [6.45, 7) is 2.46. The van der Waals surface area contributed by atoms with E-state index >= 15 is 0 Å². The fraction of sp³-hybridized carbons (Fsp3) is 0.533. The first-order valence-corrected chi connectivity index (χ1v) is 7.09. The highest BCUT2D eigenvalue weighted by Crippen LogP contribution is 2.16. The van der Waals surface area contributed by atoms with Crippen LogP contribution >= 0.6 is 0 Å². The van der Waals surface area contributed by atoms with Gasteiger partial charge in [-0.25, -0.2) is 5.84 Å². The molecule has 1 heterocycles. The van der Waals surface area contributed by atoms with Crippen molar-refractivity contribution in [1.29, 1.82) is 0 Å². The van der Waals surface area contributed by atoms with Crippen LogP contribution in [0, 0.1) is 0 Å². The summed E-state index contributed by atoms with van der Waals surface area (Å²) in [5.74, 6) is 4.97. The number of nitrogens with two attached hydrogens (primary N) is 1. The Bertz CT molecular complexity index is 444. The first kappa shape index (κ1) is 15.0. The molecular formula is C15H23N3O2. The van der Waals surface area contributed by atoms with Gasteiger partial charge in [0.05, 0.1) is 6.10 Å². The van der Waals surface area contributed by atoms with E-state index in [1.54, 1.807) is 6.07 Å². The molecule has 110 valence electrons. The van der Waals surface area contributed by atoms with Crippen molar-refractivity contribution in [3.8, 4) is 0 Å². The molecule has 1 aromatic carbocycles. The Hall–Kier alpha value is -1.43. The summed E-state index contributed by atoms with van der Waals surface area (Å²) in [6, 6.07) is 7.54. The van der Waals surface area contributed by atoms with E-state index in [2.05, 4.69) is 17.4 Å². The number of hydrogen-bond donors (Lipinski definition) is 2. The molecule has 0 spiro atoms. The van der Waals surface area contributed by atoms with Crippen LogP contribution in [-0.2, 0) is 11.3 Å². The first-order chi connectivity index (χ1) is 9.70. The molecule has 2 rings (SSSR count). The second kappa shape index (κ2) is 7.38. The van der Waals surface area contributed by atoms with Gasteiger partial charge in [0.1, 0.15) is 0 Å². The van der Waals surface area contributed by atoms with Crippen molar-refractivity contribution in [2.75, 3.05) is 20.2 Å². The number of amides is 1. The lowest BCUT2D eigenvalue weighted by Gasteiger charge is -2.27. The number of nitrogens with one attached hydrogen (secondary N) is 1. The van der Waals surface area contributed by atoms with Crippen molar-refractivity contribution >= 4 is 5.91 Å². The van der Waals surface area contributed by atoms with Gasteiger partial charge in [0.2, 0.25) is 0 Å². The summed E-state index contributed by atoms with van der Waals surface area (Å²) in [4.78, 5) is 13.9. The summed E-state index contributed by atoms with van der Waals surface area (Å²) in [6.07, 6.45) is 3.84. The van der Waals surface area contributed by atoms with Crippen molar-refractivity contribution in [2.45, 2.75) is 31.9 Å². The molecule has 3 N–H and O–H groups in total. The molecule has 1 aliphatic rings. The second-order valence-corrected chi connectivity index (χ2v) is 5.32. The maximum Gasteiger partial charge on any atom is 0.265 e. The van der Waals surface area contributed by atoms with Gasteiger partial charge in [-0.1, -0.05) is 18.2 Å². The molecule has 1 amide bonds. The van der Waals surface area contributed by atoms with Crippen molar-refractivity contribution in [2.24, 2.45) is 5.84 Å². The van der Waals surface area contributed by atoms with Crippen LogP contribution in [-0.4, -0.2) is 37.1 Å². The minimum atomic E-state index is -0.247. The maximum atomic E-state index is 11.7. The predicted octanol–water partition coefficient (Wildman–Crippen LogP) is 1.29. The van der Waals surface area contributed by atoms with E-state index < -0.39 is 0 Å². The molecule has 1 saturated heterocycles. The van der Waals surface area contributed by atoms with Gasteiger partial charge in [-0.05, 0) is 37.9 Å². The fourth-order valence-corrected chi connectivity index (χ4v) is 2.61. The summed E-state index contributed by atoms with van der Waals surface area (Å²) in [5, 5.41) is 0. The van der Waals surface area contributed by atoms with Crippen LogP contribution in [0.3, 0.4) is 0 Å². The second-order valence-electron chi connectivity index (χ2n) is 5.32. The van der Waals surface area contributed by atoms with Gasteiger partial charge in [0.15, 0.2) is 0 Å². The molecule has 5 nitrogen and oxygen atoms in total. The molecule has 1 unspecified atom stereocenters. The molecule has 5 heteroatoms. The summed E-state index contributed by atoms with van der Waals surface area (Å²) in [5.41, 5.74) is 3.81. The van der Waals surface area contributed by atoms with Gasteiger partial charge in [-0.15, -0.1) is 0 Å². The van der Waals surface area contributed by atoms with Crippen LogP contribution in [0.5, 0.6) is 0 Å². The minimum Gasteiger partial charge on any atom is -0.377 e. The number of hydrazine groups is 1. The number of benzene rings is 1. The highest BCUT2D eigenvalue weighted by atomic mass is 16.5. The molecule has 1 fully saturated rings. The van der Waals surface area contributed by atoms with E-state index in [-0.39, 0.29) is 5.91 Å². The molecular weight excluding hydrogens is 254 g/mol. The average molecular weight is 277 g/mol. The molecule has 20 heavy (non-hydrogen) atoms. The van der Waals surface area contributed by atoms with E-state index in [0.717, 1.165) is 25.1 Å². The number of ether oxygens (including phenoxy) is 1. The predicted molar refractivity (Wildman–Crippen MR) is 78.0 cm³/mol. The van der Waals surface area contributed by atoms with Crippen LogP contribution in [0.2, 0.25) is 0 Å². The SMILES string of the molecule is CN(Cc1ccccc1C(=O)NN)CC1CCCCO1. The Balaban J connectivity index is 1.96. The molecule has 0 aliphatic carbocycles. The van der Waals surface area contributed by atoms with Gasteiger partial charge < -0.3 is 4.74 Å². The van der Waals surface area contributed by atoms with Crippen LogP contribution < -0.4 is 11.3 Å². The molecule has 1 aliphatic heterocycles. The van der Waals surface area contributed by atoms with E-state index in [0.29, 0.717) is 18.2 Å². The van der Waals surface area contributed by atoms with Crippen LogP contribution in [0.4, 0.5) is 0 Å². The first-order valence-electron chi connectivity index (χ1n) is 7.09. The van der Waals surface area contributed by atoms with E-state index in [1.807, 2.05) is 18.2 Å². The van der Waals surface area contributed by atoms with Crippen molar-refractivity contribution in [3.63, 3.8) is 0 Å². The molecule has 0 saturated carbocycles. The number of nitrogen functional groups attached to an aromatic ring is 1. The number of rotatable bonds is 5. The van der Waals surface area contributed by atoms with Gasteiger partial charge in [-0.2, -0.15) is 0 Å². The van der Waals surface area contributed by atoms with Crippen LogP contribution in [0.25, 0.3) is 0 Å². The number of likely N-dealkylation sites (N-methyl/N-ethyl adjacent to an activating group) is 1. The standard InChI is InChI=1S/C15H23N3O2/c1-18(11-13-7-4-5-9-20-13)10-12-6-2-3-8-14(12)15(19)17-16/h2-3,6,8,13H,4-5,7,9-11,16H2,1H3,(H,17,19). The lowest BCUT2D eigenvalue weighted by molar-refractivity contribution is -0.00260. The zero-order chi connectivity index (χ0) is 14.4. The van der Waals surface area contributed by atoms with Crippen molar-refractivity contribution in [1.82, 2.24) is 10.3 Å². The third-order valence-electron chi connectivity index (χ3n) is 3.62. The summed E-state index contributed by atoms with van der Waals surface area (Å²) in [7, 11) is 2.05. The van der Waals surface area contributed by atoms with Gasteiger partial charge in [-0.3, -0.25) is 15.1 Å². The summed E-state index contributed by atoms with van der Waals surface area (Å²) < 4.78 is 5.74. The van der Waals surface area contributed by atoms with Crippen molar-refractivity contribution in [3.05, 3.63) is 35.4 Å². The van der Waals surface area contributed by atoms with E-state index in [4.69, 9.17) is 10.6 Å². The smallest absolute Gasteiger partial charge is 0.265 e. The fourth-order valence-electron chi connectivity index (χ4n) is 2.61. The molecule has 0 aromatic heterocycles. The topological polar surface area (TPSA) is 67.6 Å². The Morgan fingerprint density at radius 3 is 2.95 bits per heavy atom. The third-order valence-corrected chi connectivity index (χ3v) is 3.62. The lowest BCUT2D eigenvalue weighted by Crippen LogP contribution is -2.34. The summed E-state index contributed by atoms with van der Waals surface area (Å²) >= 11 is 0. The Morgan fingerprint density at radius 1 is 1.45 bits per heavy atom. The highest BCUT2D eigenvalue weighted by molar-refractivity contribution is 5.95.